The van der Waals surface area contributed by atoms with Gasteiger partial charge in [-0.1, -0.05) is 6.07 Å². The van der Waals surface area contributed by atoms with E-state index in [4.69, 9.17) is 19.4 Å². The highest BCUT2D eigenvalue weighted by Gasteiger charge is 2.34. The van der Waals surface area contributed by atoms with E-state index in [-0.39, 0.29) is 16.5 Å². The number of benzene rings is 1. The molecule has 0 fully saturated rings. The largest absolute Gasteiger partial charge is 0.477 e. The van der Waals surface area contributed by atoms with Crippen molar-refractivity contribution in [2.24, 2.45) is 5.14 Å². The molecule has 10 heteroatoms. The lowest BCUT2D eigenvalue weighted by molar-refractivity contribution is 0.101. The Morgan fingerprint density at radius 2 is 2.23 bits per heavy atom. The highest BCUT2D eigenvalue weighted by molar-refractivity contribution is 7.90. The third kappa shape index (κ3) is 3.42. The molecule has 9 nitrogen and oxygen atoms in total. The van der Waals surface area contributed by atoms with Crippen LogP contribution in [0, 0.1) is 4.78 Å². The minimum absolute atomic E-state index is 0.0878. The van der Waals surface area contributed by atoms with Crippen LogP contribution in [0.2, 0.25) is 0 Å². The van der Waals surface area contributed by atoms with Crippen molar-refractivity contribution in [2.45, 2.75) is 55.9 Å². The van der Waals surface area contributed by atoms with Crippen LogP contribution in [0.25, 0.3) is 0 Å². The Bertz CT molecular complexity index is 1170. The van der Waals surface area contributed by atoms with Gasteiger partial charge in [0.2, 0.25) is 5.88 Å². The molecule has 1 aromatic carbocycles. The summed E-state index contributed by atoms with van der Waals surface area (Å²) >= 11 is 0. The molecule has 2 aliphatic carbocycles. The SMILES string of the molecule is COC[C@H]1CCc2c1cc1c(c2NC(=O)c2nn3c(c2S(=N)(N)=O)OCCC3)CCC1. The Balaban J connectivity index is 1.57. The molecule has 2 heterocycles. The van der Waals surface area contributed by atoms with Crippen LogP contribution < -0.4 is 15.2 Å². The standard InChI is InChI=1S/C21H27N5O4S/c1-29-11-13-6-7-15-16(13)10-12-4-2-5-14(12)17(15)24-20(27)18-19(31(22,23)28)21-26(25-18)8-3-9-30-21/h10,13H,2-9,11H2,1H3,(H,24,27)(H3,22,23,28)/t13-/m1/s1. The number of ether oxygens (including phenoxy) is 2. The average molecular weight is 446 g/mol. The second-order valence-electron chi connectivity index (χ2n) is 8.46. The van der Waals surface area contributed by atoms with Gasteiger partial charge in [0.05, 0.1) is 13.2 Å². The van der Waals surface area contributed by atoms with E-state index in [2.05, 4.69) is 16.5 Å². The Kier molecular flexibility index (Phi) is 5.03. The number of nitrogens with one attached hydrogen (secondary N) is 2. The molecular weight excluding hydrogens is 418 g/mol. The zero-order chi connectivity index (χ0) is 21.8. The van der Waals surface area contributed by atoms with E-state index in [1.54, 1.807) is 7.11 Å². The van der Waals surface area contributed by atoms with Gasteiger partial charge in [0.1, 0.15) is 9.92 Å². The van der Waals surface area contributed by atoms with Crippen LogP contribution in [0.15, 0.2) is 11.0 Å². The molecule has 166 valence electrons. The first kappa shape index (κ1) is 20.5. The van der Waals surface area contributed by atoms with Crippen LogP contribution in [0.5, 0.6) is 5.88 Å². The minimum atomic E-state index is -3.69. The van der Waals surface area contributed by atoms with Crippen molar-refractivity contribution in [3.63, 3.8) is 0 Å². The van der Waals surface area contributed by atoms with Crippen molar-refractivity contribution >= 4 is 21.5 Å². The van der Waals surface area contributed by atoms with Gasteiger partial charge in [0.25, 0.3) is 5.91 Å². The van der Waals surface area contributed by atoms with Gasteiger partial charge in [-0.2, -0.15) is 5.10 Å². The lowest BCUT2D eigenvalue weighted by atomic mass is 9.95. The molecule has 0 saturated carbocycles. The number of fused-ring (bicyclic) bond motifs is 3. The maximum atomic E-state index is 13.4. The topological polar surface area (TPSA) is 132 Å². The van der Waals surface area contributed by atoms with Gasteiger partial charge in [-0.3, -0.25) is 4.79 Å². The molecule has 0 radical (unpaired) electrons. The number of nitrogens with two attached hydrogens (primary N) is 1. The number of carbonyl (C=O) groups excluding carboxylic acids is 1. The highest BCUT2D eigenvalue weighted by Crippen LogP contribution is 2.43. The van der Waals surface area contributed by atoms with Crippen molar-refractivity contribution < 1.29 is 18.5 Å². The fraction of sp³-hybridized carbons (Fsp3) is 0.524. The second-order valence-corrected chi connectivity index (χ2v) is 10.1. The number of carbonyl (C=O) groups is 1. The third-order valence-corrected chi connectivity index (χ3v) is 7.44. The zero-order valence-electron chi connectivity index (χ0n) is 17.5. The van der Waals surface area contributed by atoms with E-state index < -0.39 is 15.8 Å². The maximum absolute atomic E-state index is 13.4. The number of amides is 1. The van der Waals surface area contributed by atoms with Gasteiger partial charge < -0.3 is 14.8 Å². The molecule has 4 N–H and O–H groups in total. The van der Waals surface area contributed by atoms with Crippen molar-refractivity contribution in [1.29, 1.82) is 4.78 Å². The second kappa shape index (κ2) is 7.61. The molecular formula is C21H27N5O4S. The summed E-state index contributed by atoms with van der Waals surface area (Å²) in [6, 6.07) is 2.29. The number of rotatable bonds is 5. The molecule has 0 saturated heterocycles. The van der Waals surface area contributed by atoms with Crippen molar-refractivity contribution in [1.82, 2.24) is 9.78 Å². The smallest absolute Gasteiger partial charge is 0.277 e. The minimum Gasteiger partial charge on any atom is -0.477 e. The van der Waals surface area contributed by atoms with Gasteiger partial charge in [-0.05, 0) is 54.4 Å². The number of anilines is 1. The molecule has 0 bridgehead atoms. The van der Waals surface area contributed by atoms with Crippen LogP contribution >= 0.6 is 0 Å². The molecule has 3 aliphatic rings. The van der Waals surface area contributed by atoms with Gasteiger partial charge >= 0.3 is 0 Å². The number of aryl methyl sites for hydroxylation is 2. The number of methoxy groups -OCH3 is 1. The zero-order valence-corrected chi connectivity index (χ0v) is 18.3. The molecule has 1 aromatic heterocycles. The fourth-order valence-corrected chi connectivity index (χ4v) is 5.99. The fourth-order valence-electron chi connectivity index (χ4n) is 5.15. The Hall–Kier alpha value is -2.43. The third-order valence-electron chi connectivity index (χ3n) is 6.47. The summed E-state index contributed by atoms with van der Waals surface area (Å²) in [5, 5.41) is 13.0. The summed E-state index contributed by atoms with van der Waals surface area (Å²) in [4.78, 5) is 13.3. The summed E-state index contributed by atoms with van der Waals surface area (Å²) in [7, 11) is -1.98. The van der Waals surface area contributed by atoms with Crippen LogP contribution in [0.3, 0.4) is 0 Å². The molecule has 1 aliphatic heterocycles. The molecule has 31 heavy (non-hydrogen) atoms. The van der Waals surface area contributed by atoms with Gasteiger partial charge in [-0.25, -0.2) is 18.8 Å². The number of hydrogen-bond acceptors (Lipinski definition) is 6. The first-order chi connectivity index (χ1) is 14.9. The highest BCUT2D eigenvalue weighted by atomic mass is 32.2. The predicted molar refractivity (Wildman–Crippen MR) is 115 cm³/mol. The average Bonchev–Trinajstić information content (AvgIpc) is 3.44. The Morgan fingerprint density at radius 1 is 1.39 bits per heavy atom. The summed E-state index contributed by atoms with van der Waals surface area (Å²) in [5.41, 5.74) is 5.60. The van der Waals surface area contributed by atoms with Gasteiger partial charge in [0.15, 0.2) is 10.6 Å². The summed E-state index contributed by atoms with van der Waals surface area (Å²) in [6.07, 6.45) is 5.53. The van der Waals surface area contributed by atoms with Crippen LogP contribution in [-0.2, 0) is 40.5 Å². The van der Waals surface area contributed by atoms with Crippen molar-refractivity contribution in [3.8, 4) is 5.88 Å². The molecule has 1 unspecified atom stereocenters. The maximum Gasteiger partial charge on any atom is 0.277 e. The summed E-state index contributed by atoms with van der Waals surface area (Å²) in [6.45, 7) is 1.60. The molecule has 2 atom stereocenters. The van der Waals surface area contributed by atoms with Crippen LogP contribution in [0.1, 0.15) is 57.9 Å². The van der Waals surface area contributed by atoms with Crippen LogP contribution in [-0.4, -0.2) is 40.2 Å². The number of aromatic nitrogens is 2. The quantitative estimate of drug-likeness (QED) is 0.650. The van der Waals surface area contributed by atoms with Crippen molar-refractivity contribution in [3.05, 3.63) is 34.0 Å². The molecule has 1 amide bonds. The lowest BCUT2D eigenvalue weighted by Gasteiger charge is -2.18. The number of nitrogens with zero attached hydrogens (tertiary/aromatic N) is 2. The number of hydrogen-bond donors (Lipinski definition) is 3. The predicted octanol–water partition coefficient (Wildman–Crippen LogP) is 2.36. The van der Waals surface area contributed by atoms with Gasteiger partial charge in [-0.15, -0.1) is 0 Å². The van der Waals surface area contributed by atoms with E-state index in [1.165, 1.54) is 21.4 Å². The Labute approximate surface area is 181 Å². The van der Waals surface area contributed by atoms with Crippen LogP contribution in [0.4, 0.5) is 5.69 Å². The molecule has 2 aromatic rings. The van der Waals surface area contributed by atoms with E-state index in [0.29, 0.717) is 25.7 Å². The van der Waals surface area contributed by atoms with E-state index in [9.17, 15) is 9.00 Å². The monoisotopic (exact) mass is 445 g/mol. The summed E-state index contributed by atoms with van der Waals surface area (Å²) < 4.78 is 32.9. The Morgan fingerprint density at radius 3 is 3.00 bits per heavy atom. The van der Waals surface area contributed by atoms with E-state index >= 15 is 0 Å². The molecule has 5 rings (SSSR count). The lowest BCUT2D eigenvalue weighted by Crippen LogP contribution is -2.21. The van der Waals surface area contributed by atoms with E-state index in [1.807, 2.05) is 0 Å². The van der Waals surface area contributed by atoms with Gasteiger partial charge in [0, 0.05) is 31.7 Å². The first-order valence-electron chi connectivity index (χ1n) is 10.7. The normalized spacial score (nSPS) is 21.0. The van der Waals surface area contributed by atoms with Crippen molar-refractivity contribution in [2.75, 3.05) is 25.6 Å². The molecule has 0 spiro atoms. The first-order valence-corrected chi connectivity index (χ1v) is 12.3. The van der Waals surface area contributed by atoms with E-state index in [0.717, 1.165) is 49.8 Å². The summed E-state index contributed by atoms with van der Waals surface area (Å²) in [5.74, 6) is -0.00681.